The Morgan fingerprint density at radius 2 is 2.28 bits per heavy atom. The standard InChI is InChI=1S/C13H20N2O3/c1-4-18-13(17)11-6-5-7-14-12(11)15(8-9-16)10(2)3/h5-7,10,16H,4,8-9H2,1-3H3. The maximum atomic E-state index is 11.8. The first-order chi connectivity index (χ1) is 8.61. The number of hydrogen-bond donors (Lipinski definition) is 1. The Morgan fingerprint density at radius 3 is 2.83 bits per heavy atom. The lowest BCUT2D eigenvalue weighted by Gasteiger charge is -2.28. The van der Waals surface area contributed by atoms with Crippen LogP contribution in [0.3, 0.4) is 0 Å². The minimum Gasteiger partial charge on any atom is -0.462 e. The molecule has 0 spiro atoms. The lowest BCUT2D eigenvalue weighted by molar-refractivity contribution is 0.0526. The van der Waals surface area contributed by atoms with Gasteiger partial charge in [-0.1, -0.05) is 0 Å². The molecule has 0 aliphatic heterocycles. The summed E-state index contributed by atoms with van der Waals surface area (Å²) >= 11 is 0. The predicted octanol–water partition coefficient (Wildman–Crippen LogP) is 1.47. The summed E-state index contributed by atoms with van der Waals surface area (Å²) < 4.78 is 5.01. The van der Waals surface area contributed by atoms with E-state index in [1.54, 1.807) is 25.3 Å². The molecule has 5 heteroatoms. The molecule has 0 unspecified atom stereocenters. The van der Waals surface area contributed by atoms with Crippen molar-refractivity contribution < 1.29 is 14.6 Å². The number of nitrogens with zero attached hydrogens (tertiary/aromatic N) is 2. The molecule has 0 fully saturated rings. The number of anilines is 1. The Morgan fingerprint density at radius 1 is 1.56 bits per heavy atom. The van der Waals surface area contributed by atoms with Gasteiger partial charge in [0.2, 0.25) is 0 Å². The highest BCUT2D eigenvalue weighted by molar-refractivity contribution is 5.94. The van der Waals surface area contributed by atoms with Crippen LogP contribution in [-0.2, 0) is 4.74 Å². The summed E-state index contributed by atoms with van der Waals surface area (Å²) in [6.45, 7) is 6.51. The highest BCUT2D eigenvalue weighted by Gasteiger charge is 2.20. The van der Waals surface area contributed by atoms with Crippen molar-refractivity contribution in [3.63, 3.8) is 0 Å². The predicted molar refractivity (Wildman–Crippen MR) is 69.8 cm³/mol. The Balaban J connectivity index is 3.09. The van der Waals surface area contributed by atoms with Crippen LogP contribution in [0.4, 0.5) is 5.82 Å². The van der Waals surface area contributed by atoms with E-state index in [4.69, 9.17) is 9.84 Å². The molecule has 1 aromatic heterocycles. The Labute approximate surface area is 107 Å². The third-order valence-corrected chi connectivity index (χ3v) is 2.52. The Kier molecular flexibility index (Phi) is 5.58. The molecule has 0 saturated heterocycles. The largest absolute Gasteiger partial charge is 0.462 e. The van der Waals surface area contributed by atoms with Gasteiger partial charge in [0.25, 0.3) is 0 Å². The first-order valence-electron chi connectivity index (χ1n) is 6.11. The molecule has 0 aromatic carbocycles. The van der Waals surface area contributed by atoms with Gasteiger partial charge in [0.15, 0.2) is 0 Å². The fourth-order valence-corrected chi connectivity index (χ4v) is 1.71. The zero-order valence-electron chi connectivity index (χ0n) is 11.1. The monoisotopic (exact) mass is 252 g/mol. The molecule has 1 heterocycles. The fourth-order valence-electron chi connectivity index (χ4n) is 1.71. The highest BCUT2D eigenvalue weighted by atomic mass is 16.5. The van der Waals surface area contributed by atoms with Crippen molar-refractivity contribution in [1.29, 1.82) is 0 Å². The molecule has 18 heavy (non-hydrogen) atoms. The van der Waals surface area contributed by atoms with Gasteiger partial charge in [-0.25, -0.2) is 9.78 Å². The molecule has 1 aromatic rings. The van der Waals surface area contributed by atoms with Gasteiger partial charge >= 0.3 is 5.97 Å². The van der Waals surface area contributed by atoms with Crippen molar-refractivity contribution in [2.75, 3.05) is 24.7 Å². The van der Waals surface area contributed by atoms with E-state index in [0.29, 0.717) is 24.5 Å². The third-order valence-electron chi connectivity index (χ3n) is 2.52. The van der Waals surface area contributed by atoms with Crippen LogP contribution in [0.2, 0.25) is 0 Å². The first kappa shape index (κ1) is 14.4. The molecular formula is C13H20N2O3. The Hall–Kier alpha value is -1.62. The molecule has 0 saturated carbocycles. The quantitative estimate of drug-likeness (QED) is 0.777. The zero-order valence-corrected chi connectivity index (χ0v) is 11.1. The summed E-state index contributed by atoms with van der Waals surface area (Å²) in [5.74, 6) is 0.171. The van der Waals surface area contributed by atoms with E-state index >= 15 is 0 Å². The summed E-state index contributed by atoms with van der Waals surface area (Å²) in [7, 11) is 0. The van der Waals surface area contributed by atoms with Crippen LogP contribution < -0.4 is 4.90 Å². The number of esters is 1. The maximum absolute atomic E-state index is 11.8. The Bertz CT molecular complexity index is 394. The van der Waals surface area contributed by atoms with Crippen molar-refractivity contribution in [3.8, 4) is 0 Å². The van der Waals surface area contributed by atoms with Gasteiger partial charge in [-0.05, 0) is 32.9 Å². The smallest absolute Gasteiger partial charge is 0.341 e. The average molecular weight is 252 g/mol. The minimum absolute atomic E-state index is 0.0109. The van der Waals surface area contributed by atoms with Crippen LogP contribution in [0.5, 0.6) is 0 Å². The third kappa shape index (κ3) is 3.43. The van der Waals surface area contributed by atoms with E-state index in [9.17, 15) is 4.79 Å². The van der Waals surface area contributed by atoms with Gasteiger partial charge in [-0.3, -0.25) is 0 Å². The van der Waals surface area contributed by atoms with Gasteiger partial charge in [0, 0.05) is 18.8 Å². The lowest BCUT2D eigenvalue weighted by Crippen LogP contribution is -2.35. The van der Waals surface area contributed by atoms with Crippen LogP contribution in [0, 0.1) is 0 Å². The highest BCUT2D eigenvalue weighted by Crippen LogP contribution is 2.20. The molecule has 0 bridgehead atoms. The normalized spacial score (nSPS) is 10.5. The van der Waals surface area contributed by atoms with Gasteiger partial charge in [0.1, 0.15) is 11.4 Å². The topological polar surface area (TPSA) is 62.7 Å². The number of aromatic nitrogens is 1. The van der Waals surface area contributed by atoms with E-state index in [1.807, 2.05) is 18.7 Å². The number of aliphatic hydroxyl groups is 1. The molecule has 100 valence electrons. The fraction of sp³-hybridized carbons (Fsp3) is 0.538. The van der Waals surface area contributed by atoms with Gasteiger partial charge < -0.3 is 14.7 Å². The number of ether oxygens (including phenoxy) is 1. The van der Waals surface area contributed by atoms with Crippen molar-refractivity contribution in [2.24, 2.45) is 0 Å². The first-order valence-corrected chi connectivity index (χ1v) is 6.11. The number of carbonyl (C=O) groups excluding carboxylic acids is 1. The summed E-state index contributed by atoms with van der Waals surface area (Å²) in [6.07, 6.45) is 1.63. The second-order valence-electron chi connectivity index (χ2n) is 4.11. The molecule has 1 rings (SSSR count). The molecule has 0 radical (unpaired) electrons. The lowest BCUT2D eigenvalue weighted by atomic mass is 10.2. The van der Waals surface area contributed by atoms with E-state index < -0.39 is 0 Å². The van der Waals surface area contributed by atoms with Crippen LogP contribution in [-0.4, -0.2) is 41.9 Å². The average Bonchev–Trinajstić information content (AvgIpc) is 2.36. The number of rotatable bonds is 6. The van der Waals surface area contributed by atoms with Gasteiger partial charge in [-0.15, -0.1) is 0 Å². The minimum atomic E-state index is -0.385. The van der Waals surface area contributed by atoms with Gasteiger partial charge in [-0.2, -0.15) is 0 Å². The van der Waals surface area contributed by atoms with E-state index in [-0.39, 0.29) is 18.6 Å². The van der Waals surface area contributed by atoms with Crippen LogP contribution in [0.1, 0.15) is 31.1 Å². The number of pyridine rings is 1. The van der Waals surface area contributed by atoms with E-state index in [0.717, 1.165) is 0 Å². The van der Waals surface area contributed by atoms with E-state index in [1.165, 1.54) is 0 Å². The van der Waals surface area contributed by atoms with Crippen molar-refractivity contribution in [2.45, 2.75) is 26.8 Å². The molecule has 5 nitrogen and oxygen atoms in total. The van der Waals surface area contributed by atoms with Gasteiger partial charge in [0.05, 0.1) is 13.2 Å². The number of aliphatic hydroxyl groups excluding tert-OH is 1. The summed E-state index contributed by atoms with van der Waals surface area (Å²) in [4.78, 5) is 18.0. The van der Waals surface area contributed by atoms with Crippen molar-refractivity contribution in [1.82, 2.24) is 4.98 Å². The number of carbonyl (C=O) groups is 1. The van der Waals surface area contributed by atoms with E-state index in [2.05, 4.69) is 4.98 Å². The molecule has 0 atom stereocenters. The second-order valence-corrected chi connectivity index (χ2v) is 4.11. The SMILES string of the molecule is CCOC(=O)c1cccnc1N(CCO)C(C)C. The second kappa shape index (κ2) is 6.96. The summed E-state index contributed by atoms with van der Waals surface area (Å²) in [6, 6.07) is 3.53. The van der Waals surface area contributed by atoms with Crippen LogP contribution >= 0.6 is 0 Å². The number of hydrogen-bond acceptors (Lipinski definition) is 5. The zero-order chi connectivity index (χ0) is 13.5. The summed E-state index contributed by atoms with van der Waals surface area (Å²) in [5.41, 5.74) is 0.432. The van der Waals surface area contributed by atoms with Crippen molar-refractivity contribution >= 4 is 11.8 Å². The molecule has 1 N–H and O–H groups in total. The molecule has 0 amide bonds. The van der Waals surface area contributed by atoms with Crippen LogP contribution in [0.25, 0.3) is 0 Å². The van der Waals surface area contributed by atoms with Crippen LogP contribution in [0.15, 0.2) is 18.3 Å². The summed E-state index contributed by atoms with van der Waals surface area (Å²) in [5, 5.41) is 9.09. The molecular weight excluding hydrogens is 232 g/mol. The molecule has 0 aliphatic carbocycles. The molecule has 0 aliphatic rings. The maximum Gasteiger partial charge on any atom is 0.341 e. The van der Waals surface area contributed by atoms with Crippen molar-refractivity contribution in [3.05, 3.63) is 23.9 Å².